The van der Waals surface area contributed by atoms with Gasteiger partial charge in [-0.1, -0.05) is 26.7 Å². The number of H-pyrrole nitrogens is 1. The second-order valence-electron chi connectivity index (χ2n) is 8.75. The smallest absolute Gasteiger partial charge is 0.268 e. The zero-order chi connectivity index (χ0) is 17.6. The molecule has 0 radical (unpaired) electrons. The van der Waals surface area contributed by atoms with Crippen LogP contribution in [0.3, 0.4) is 0 Å². The fourth-order valence-electron chi connectivity index (χ4n) is 3.96. The lowest BCUT2D eigenvalue weighted by Gasteiger charge is -2.30. The Morgan fingerprint density at radius 2 is 2.00 bits per heavy atom. The lowest BCUT2D eigenvalue weighted by Crippen LogP contribution is -2.37. The van der Waals surface area contributed by atoms with Gasteiger partial charge < -0.3 is 10.3 Å². The molecule has 0 aliphatic heterocycles. The fraction of sp³-hybridized carbons (Fsp3) is 0.700. The molecule has 2 aliphatic carbocycles. The predicted molar refractivity (Wildman–Crippen MR) is 103 cm³/mol. The molecule has 0 aromatic carbocycles. The van der Waals surface area contributed by atoms with Crippen molar-refractivity contribution in [3.8, 4) is 0 Å². The number of aromatic amines is 1. The first-order valence-corrected chi connectivity index (χ1v) is 10.5. The summed E-state index contributed by atoms with van der Waals surface area (Å²) in [5.74, 6) is 0.708. The summed E-state index contributed by atoms with van der Waals surface area (Å²) in [5, 5.41) is 4.52. The van der Waals surface area contributed by atoms with Crippen LogP contribution in [0.15, 0.2) is 0 Å². The maximum atomic E-state index is 12.8. The van der Waals surface area contributed by atoms with Gasteiger partial charge in [0.2, 0.25) is 0 Å². The summed E-state index contributed by atoms with van der Waals surface area (Å²) in [7, 11) is 0. The number of rotatable bonds is 3. The molecule has 1 atom stereocenters. The van der Waals surface area contributed by atoms with Gasteiger partial charge in [-0.05, 0) is 56.4 Å². The first-order chi connectivity index (χ1) is 11.9. The minimum atomic E-state index is 0.0408. The predicted octanol–water partition coefficient (Wildman–Crippen LogP) is 5.29. The minimum Gasteiger partial charge on any atom is -0.348 e. The number of hydrogen-bond acceptors (Lipinski definition) is 3. The highest BCUT2D eigenvalue weighted by Gasteiger charge is 2.29. The summed E-state index contributed by atoms with van der Waals surface area (Å²) in [4.78, 5) is 20.8. The molecular formula is C20H29N3OS. The van der Waals surface area contributed by atoms with Crippen molar-refractivity contribution in [2.45, 2.75) is 84.1 Å². The summed E-state index contributed by atoms with van der Waals surface area (Å²) in [5.41, 5.74) is 3.06. The normalized spacial score (nSPS) is 24.0. The zero-order valence-corrected chi connectivity index (χ0v) is 16.4. The van der Waals surface area contributed by atoms with Crippen LogP contribution in [0.5, 0.6) is 0 Å². The Hall–Kier alpha value is -1.36. The number of aryl methyl sites for hydroxylation is 1. The third-order valence-corrected chi connectivity index (χ3v) is 7.25. The van der Waals surface area contributed by atoms with Crippen LogP contribution in [0.2, 0.25) is 0 Å². The number of thiazole rings is 1. The van der Waals surface area contributed by atoms with Crippen LogP contribution in [0.4, 0.5) is 0 Å². The maximum Gasteiger partial charge on any atom is 0.268 e. The highest BCUT2D eigenvalue weighted by atomic mass is 32.1. The van der Waals surface area contributed by atoms with Gasteiger partial charge in [-0.25, -0.2) is 4.98 Å². The molecular weight excluding hydrogens is 330 g/mol. The first kappa shape index (κ1) is 17.1. The molecule has 1 amide bonds. The van der Waals surface area contributed by atoms with Crippen LogP contribution in [0.1, 0.15) is 92.2 Å². The van der Waals surface area contributed by atoms with E-state index in [9.17, 15) is 4.79 Å². The average molecular weight is 360 g/mol. The van der Waals surface area contributed by atoms with E-state index in [1.165, 1.54) is 43.5 Å². The number of hydrogen-bond donors (Lipinski definition) is 2. The van der Waals surface area contributed by atoms with Crippen molar-refractivity contribution >= 4 is 27.6 Å². The van der Waals surface area contributed by atoms with Gasteiger partial charge in [0.15, 0.2) is 0 Å². The Morgan fingerprint density at radius 1 is 1.20 bits per heavy atom. The van der Waals surface area contributed by atoms with Crippen LogP contribution in [-0.4, -0.2) is 21.9 Å². The van der Waals surface area contributed by atoms with Gasteiger partial charge in [0, 0.05) is 12.0 Å². The molecule has 4 rings (SSSR count). The van der Waals surface area contributed by atoms with E-state index in [-0.39, 0.29) is 5.91 Å². The van der Waals surface area contributed by atoms with Crippen molar-refractivity contribution < 1.29 is 4.79 Å². The Kier molecular flexibility index (Phi) is 4.38. The van der Waals surface area contributed by atoms with Crippen LogP contribution in [-0.2, 0) is 0 Å². The number of amides is 1. The average Bonchev–Trinajstić information content (AvgIpc) is 3.24. The largest absolute Gasteiger partial charge is 0.348 e. The van der Waals surface area contributed by atoms with Crippen LogP contribution in [0.25, 0.3) is 10.3 Å². The molecule has 4 nitrogen and oxygen atoms in total. The lowest BCUT2D eigenvalue weighted by atomic mass is 9.78. The molecule has 2 fully saturated rings. The molecule has 2 heterocycles. The minimum absolute atomic E-state index is 0.0408. The fourth-order valence-corrected chi connectivity index (χ4v) is 5.16. The van der Waals surface area contributed by atoms with Crippen LogP contribution >= 0.6 is 11.3 Å². The molecule has 0 spiro atoms. The summed E-state index contributed by atoms with van der Waals surface area (Å²) in [6, 6.07) is 0.294. The summed E-state index contributed by atoms with van der Waals surface area (Å²) < 4.78 is 1.16. The Balaban J connectivity index is 1.47. The summed E-state index contributed by atoms with van der Waals surface area (Å²) in [6.45, 7) is 6.75. The molecule has 2 N–H and O–H groups in total. The standard InChI is InChI=1S/C20H29N3OS/c1-12-15(22-17-16(12)25-19(23-17)13-7-8-13)18(24)21-14-6-4-5-10-20(2,3)11-9-14/h13-14,22H,4-11H2,1-3H3,(H,21,24). The highest BCUT2D eigenvalue weighted by Crippen LogP contribution is 2.44. The van der Waals surface area contributed by atoms with E-state index < -0.39 is 0 Å². The molecule has 0 bridgehead atoms. The third-order valence-electron chi connectivity index (χ3n) is 5.92. The van der Waals surface area contributed by atoms with E-state index in [0.717, 1.165) is 28.8 Å². The van der Waals surface area contributed by atoms with Crippen molar-refractivity contribution in [1.29, 1.82) is 0 Å². The van der Waals surface area contributed by atoms with Gasteiger partial charge in [-0.15, -0.1) is 11.3 Å². The molecule has 0 saturated heterocycles. The summed E-state index contributed by atoms with van der Waals surface area (Å²) in [6.07, 6.45) is 9.67. The molecule has 1 unspecified atom stereocenters. The quantitative estimate of drug-likeness (QED) is 0.782. The van der Waals surface area contributed by atoms with Crippen molar-refractivity contribution in [2.75, 3.05) is 0 Å². The number of carbonyl (C=O) groups excluding carboxylic acids is 1. The van der Waals surface area contributed by atoms with E-state index in [4.69, 9.17) is 4.98 Å². The van der Waals surface area contributed by atoms with Crippen molar-refractivity contribution in [3.63, 3.8) is 0 Å². The number of carbonyl (C=O) groups is 1. The number of nitrogens with one attached hydrogen (secondary N) is 2. The van der Waals surface area contributed by atoms with Gasteiger partial charge in [0.1, 0.15) is 11.3 Å². The summed E-state index contributed by atoms with van der Waals surface area (Å²) >= 11 is 1.76. The number of fused-ring (bicyclic) bond motifs is 1. The number of nitrogens with zero attached hydrogens (tertiary/aromatic N) is 1. The Bertz CT molecular complexity index is 784. The molecule has 2 aromatic rings. The van der Waals surface area contributed by atoms with Gasteiger partial charge >= 0.3 is 0 Å². The first-order valence-electron chi connectivity index (χ1n) is 9.73. The molecule has 2 aliphatic rings. The van der Waals surface area contributed by atoms with E-state index in [2.05, 4.69) is 24.1 Å². The van der Waals surface area contributed by atoms with Gasteiger partial charge in [0.25, 0.3) is 5.91 Å². The molecule has 5 heteroatoms. The third kappa shape index (κ3) is 3.62. The molecule has 136 valence electrons. The topological polar surface area (TPSA) is 57.8 Å². The number of aromatic nitrogens is 2. The Morgan fingerprint density at radius 3 is 2.72 bits per heavy atom. The maximum absolute atomic E-state index is 12.8. The van der Waals surface area contributed by atoms with E-state index >= 15 is 0 Å². The van der Waals surface area contributed by atoms with Gasteiger partial charge in [-0.2, -0.15) is 0 Å². The second kappa shape index (κ2) is 6.42. The van der Waals surface area contributed by atoms with Gasteiger partial charge in [-0.3, -0.25) is 4.79 Å². The van der Waals surface area contributed by atoms with Crippen LogP contribution in [0, 0.1) is 12.3 Å². The second-order valence-corrected chi connectivity index (χ2v) is 9.78. The monoisotopic (exact) mass is 359 g/mol. The van der Waals surface area contributed by atoms with Crippen molar-refractivity contribution in [3.05, 3.63) is 16.3 Å². The molecule has 2 saturated carbocycles. The van der Waals surface area contributed by atoms with Gasteiger partial charge in [0.05, 0.1) is 9.71 Å². The molecule has 25 heavy (non-hydrogen) atoms. The van der Waals surface area contributed by atoms with Crippen molar-refractivity contribution in [2.24, 2.45) is 5.41 Å². The van der Waals surface area contributed by atoms with E-state index in [0.29, 0.717) is 23.1 Å². The lowest BCUT2D eigenvalue weighted by molar-refractivity contribution is 0.0918. The SMILES string of the molecule is Cc1c(C(=O)NC2CCCCC(C)(C)CC2)[nH]c2nc(C3CC3)sc12. The highest BCUT2D eigenvalue weighted by molar-refractivity contribution is 7.18. The van der Waals surface area contributed by atoms with E-state index in [1.807, 2.05) is 6.92 Å². The van der Waals surface area contributed by atoms with E-state index in [1.54, 1.807) is 11.3 Å². The van der Waals surface area contributed by atoms with Crippen molar-refractivity contribution in [1.82, 2.24) is 15.3 Å². The zero-order valence-electron chi connectivity index (χ0n) is 15.6. The Labute approximate surface area is 153 Å². The molecule has 2 aromatic heterocycles. The van der Waals surface area contributed by atoms with Crippen LogP contribution < -0.4 is 5.32 Å².